The summed E-state index contributed by atoms with van der Waals surface area (Å²) in [5.74, 6) is -0.887. The Kier molecular flexibility index (Phi) is 7.12. The van der Waals surface area contributed by atoms with Crippen LogP contribution in [-0.2, 0) is 14.3 Å². The number of hydrogen-bond acceptors (Lipinski definition) is 4. The lowest BCUT2D eigenvalue weighted by molar-refractivity contribution is -0.143. The highest BCUT2D eigenvalue weighted by Crippen LogP contribution is 2.40. The maximum Gasteiger partial charge on any atom is 0.308 e. The summed E-state index contributed by atoms with van der Waals surface area (Å²) in [7, 11) is 0. The Morgan fingerprint density at radius 3 is 2.88 bits per heavy atom. The molecule has 0 bridgehead atoms. The number of rotatable bonds is 9. The number of ether oxygens (including phenoxy) is 1. The zero-order valence-corrected chi connectivity index (χ0v) is 15.1. The van der Waals surface area contributed by atoms with Gasteiger partial charge in [-0.05, 0) is 25.0 Å². The summed E-state index contributed by atoms with van der Waals surface area (Å²) in [5, 5.41) is 9.18. The molecule has 0 fully saturated rings. The van der Waals surface area contributed by atoms with Crippen molar-refractivity contribution in [1.82, 2.24) is 4.90 Å². The van der Waals surface area contributed by atoms with Gasteiger partial charge in [-0.2, -0.15) is 0 Å². The van der Waals surface area contributed by atoms with Crippen molar-refractivity contribution in [3.8, 4) is 0 Å². The molecule has 1 amide bonds. The smallest absolute Gasteiger partial charge is 0.308 e. The van der Waals surface area contributed by atoms with E-state index in [-0.39, 0.29) is 18.4 Å². The third-order valence-corrected chi connectivity index (χ3v) is 5.33. The molecule has 0 aliphatic carbocycles. The molecule has 2 atom stereocenters. The van der Waals surface area contributed by atoms with E-state index in [1.807, 2.05) is 31.2 Å². The van der Waals surface area contributed by atoms with Gasteiger partial charge in [0.2, 0.25) is 5.91 Å². The van der Waals surface area contributed by atoms with E-state index in [9.17, 15) is 14.7 Å². The molecular weight excluding hydrogens is 326 g/mol. The monoisotopic (exact) mass is 351 g/mol. The van der Waals surface area contributed by atoms with Crippen LogP contribution in [0.4, 0.5) is 0 Å². The average molecular weight is 351 g/mol. The molecule has 0 saturated heterocycles. The van der Waals surface area contributed by atoms with E-state index in [2.05, 4.69) is 0 Å². The van der Waals surface area contributed by atoms with E-state index in [1.54, 1.807) is 23.6 Å². The van der Waals surface area contributed by atoms with Crippen LogP contribution < -0.4 is 0 Å². The first-order valence-electron chi connectivity index (χ1n) is 8.35. The van der Waals surface area contributed by atoms with Crippen molar-refractivity contribution in [3.63, 3.8) is 0 Å². The van der Waals surface area contributed by atoms with Gasteiger partial charge < -0.3 is 14.7 Å². The Balaban J connectivity index is 2.07. The Morgan fingerprint density at radius 1 is 1.42 bits per heavy atom. The summed E-state index contributed by atoms with van der Waals surface area (Å²) in [5.41, 5.74) is 1.06. The number of benzene rings is 1. The number of carbonyl (C=O) groups is 2. The summed E-state index contributed by atoms with van der Waals surface area (Å²) in [6.07, 6.45) is 0.716. The molecule has 5 nitrogen and oxygen atoms in total. The number of aliphatic carboxylic acids is 1. The highest BCUT2D eigenvalue weighted by Gasteiger charge is 2.33. The second-order valence-corrected chi connectivity index (χ2v) is 7.04. The highest BCUT2D eigenvalue weighted by atomic mass is 32.2. The van der Waals surface area contributed by atoms with Crippen LogP contribution in [0.3, 0.4) is 0 Å². The molecule has 2 rings (SSSR count). The topological polar surface area (TPSA) is 66.8 Å². The number of hydrogen-bond donors (Lipinski definition) is 1. The molecule has 0 spiro atoms. The van der Waals surface area contributed by atoms with Crippen LogP contribution in [0.25, 0.3) is 0 Å². The Labute approximate surface area is 147 Å². The molecule has 0 radical (unpaired) electrons. The van der Waals surface area contributed by atoms with Crippen LogP contribution in [0.1, 0.15) is 31.7 Å². The van der Waals surface area contributed by atoms with Crippen molar-refractivity contribution >= 4 is 23.6 Å². The van der Waals surface area contributed by atoms with Crippen molar-refractivity contribution < 1.29 is 19.4 Å². The standard InChI is InChI=1S/C18H25NO4S/c1-3-23-10-6-9-19(11-13(2)18(21)22)17(20)15-12-24-16-8-5-4-7-14(15)16/h4-5,7-8,13,15H,3,6,9-12H2,1-2H3,(H,21,22). The first-order valence-corrected chi connectivity index (χ1v) is 9.34. The molecule has 0 aromatic heterocycles. The van der Waals surface area contributed by atoms with Gasteiger partial charge in [-0.15, -0.1) is 11.8 Å². The minimum absolute atomic E-state index is 0.0250. The van der Waals surface area contributed by atoms with Crippen LogP contribution in [0.5, 0.6) is 0 Å². The second-order valence-electron chi connectivity index (χ2n) is 5.98. The molecule has 24 heavy (non-hydrogen) atoms. The summed E-state index contributed by atoms with van der Waals surface area (Å²) in [4.78, 5) is 27.0. The normalized spacial score (nSPS) is 17.3. The van der Waals surface area contributed by atoms with E-state index in [1.165, 1.54) is 0 Å². The molecule has 1 aliphatic rings. The minimum atomic E-state index is -0.876. The fourth-order valence-electron chi connectivity index (χ4n) is 2.79. The van der Waals surface area contributed by atoms with Crippen molar-refractivity contribution in [2.45, 2.75) is 31.1 Å². The predicted octanol–water partition coefficient (Wildman–Crippen LogP) is 2.85. The van der Waals surface area contributed by atoms with Gasteiger partial charge in [0.1, 0.15) is 0 Å². The van der Waals surface area contributed by atoms with E-state index >= 15 is 0 Å². The predicted molar refractivity (Wildman–Crippen MR) is 94.4 cm³/mol. The number of carboxylic acid groups (broad SMARTS) is 1. The van der Waals surface area contributed by atoms with Crippen molar-refractivity contribution in [1.29, 1.82) is 0 Å². The maximum atomic E-state index is 13.0. The molecule has 1 heterocycles. The highest BCUT2D eigenvalue weighted by molar-refractivity contribution is 7.99. The lowest BCUT2D eigenvalue weighted by Crippen LogP contribution is -2.40. The first-order chi connectivity index (χ1) is 11.5. The molecule has 1 aromatic carbocycles. The molecule has 6 heteroatoms. The van der Waals surface area contributed by atoms with E-state index in [4.69, 9.17) is 4.74 Å². The molecule has 1 N–H and O–H groups in total. The van der Waals surface area contributed by atoms with Crippen molar-refractivity contribution in [2.75, 3.05) is 32.1 Å². The largest absolute Gasteiger partial charge is 0.481 e. The SMILES string of the molecule is CCOCCCN(CC(C)C(=O)O)C(=O)C1CSc2ccccc21. The van der Waals surface area contributed by atoms with Gasteiger partial charge in [0.05, 0.1) is 11.8 Å². The van der Waals surface area contributed by atoms with Crippen molar-refractivity contribution in [3.05, 3.63) is 29.8 Å². The number of carboxylic acids is 1. The fourth-order valence-corrected chi connectivity index (χ4v) is 4.01. The Morgan fingerprint density at radius 2 is 2.17 bits per heavy atom. The zero-order valence-electron chi connectivity index (χ0n) is 14.2. The minimum Gasteiger partial charge on any atom is -0.481 e. The third-order valence-electron chi connectivity index (χ3n) is 4.15. The summed E-state index contributed by atoms with van der Waals surface area (Å²) in [6.45, 7) is 5.57. The number of amides is 1. The van der Waals surface area contributed by atoms with Crippen LogP contribution in [0, 0.1) is 5.92 Å². The van der Waals surface area contributed by atoms with E-state index in [0.29, 0.717) is 26.2 Å². The second kappa shape index (κ2) is 9.08. The summed E-state index contributed by atoms with van der Waals surface area (Å²) >= 11 is 1.69. The van der Waals surface area contributed by atoms with Crippen LogP contribution in [0.15, 0.2) is 29.2 Å². The number of fused-ring (bicyclic) bond motifs is 1. The van der Waals surface area contributed by atoms with Gasteiger partial charge >= 0.3 is 5.97 Å². The lowest BCUT2D eigenvalue weighted by atomic mass is 9.99. The molecular formula is C18H25NO4S. The molecule has 1 aromatic rings. The molecule has 1 aliphatic heterocycles. The van der Waals surface area contributed by atoms with Gasteiger partial charge in [-0.25, -0.2) is 0 Å². The van der Waals surface area contributed by atoms with Crippen LogP contribution in [-0.4, -0.2) is 53.9 Å². The van der Waals surface area contributed by atoms with E-state index in [0.717, 1.165) is 16.2 Å². The van der Waals surface area contributed by atoms with Gasteiger partial charge in [-0.1, -0.05) is 25.1 Å². The first kappa shape index (κ1) is 18.8. The summed E-state index contributed by atoms with van der Waals surface area (Å²) in [6, 6.07) is 7.96. The molecule has 132 valence electrons. The maximum absolute atomic E-state index is 13.0. The number of nitrogens with zero attached hydrogens (tertiary/aromatic N) is 1. The number of thioether (sulfide) groups is 1. The van der Waals surface area contributed by atoms with Crippen molar-refractivity contribution in [2.24, 2.45) is 5.92 Å². The van der Waals surface area contributed by atoms with Gasteiger partial charge in [-0.3, -0.25) is 9.59 Å². The Bertz CT molecular complexity index is 578. The quantitative estimate of drug-likeness (QED) is 0.693. The molecule has 0 saturated carbocycles. The van der Waals surface area contributed by atoms with E-state index < -0.39 is 11.9 Å². The third kappa shape index (κ3) is 4.74. The Hall–Kier alpha value is -1.53. The molecule has 2 unspecified atom stereocenters. The zero-order chi connectivity index (χ0) is 17.5. The average Bonchev–Trinajstić information content (AvgIpc) is 3.00. The number of carbonyl (C=O) groups excluding carboxylic acids is 1. The van der Waals surface area contributed by atoms with Gasteiger partial charge in [0.25, 0.3) is 0 Å². The lowest BCUT2D eigenvalue weighted by Gasteiger charge is -2.27. The van der Waals surface area contributed by atoms with Crippen LogP contribution >= 0.6 is 11.8 Å². The summed E-state index contributed by atoms with van der Waals surface area (Å²) < 4.78 is 5.34. The fraction of sp³-hybridized carbons (Fsp3) is 0.556. The van der Waals surface area contributed by atoms with Gasteiger partial charge in [0, 0.05) is 37.0 Å². The van der Waals surface area contributed by atoms with Crippen LogP contribution in [0.2, 0.25) is 0 Å². The van der Waals surface area contributed by atoms with Gasteiger partial charge in [0.15, 0.2) is 0 Å².